The SMILES string of the molecule is CCC(CS)CSCCN(C)C. The average molecular weight is 207 g/mol. The van der Waals surface area contributed by atoms with Gasteiger partial charge in [-0.3, -0.25) is 0 Å². The highest BCUT2D eigenvalue weighted by atomic mass is 32.2. The van der Waals surface area contributed by atoms with Crippen molar-refractivity contribution in [3.8, 4) is 0 Å². The summed E-state index contributed by atoms with van der Waals surface area (Å²) < 4.78 is 0. The van der Waals surface area contributed by atoms with Crippen LogP contribution >= 0.6 is 24.4 Å². The topological polar surface area (TPSA) is 3.24 Å². The zero-order chi connectivity index (χ0) is 9.40. The van der Waals surface area contributed by atoms with Gasteiger partial charge in [0.15, 0.2) is 0 Å². The van der Waals surface area contributed by atoms with Crippen molar-refractivity contribution in [2.24, 2.45) is 5.92 Å². The lowest BCUT2D eigenvalue weighted by Crippen LogP contribution is -2.16. The fraction of sp³-hybridized carbons (Fsp3) is 1.00. The van der Waals surface area contributed by atoms with Gasteiger partial charge in [-0.15, -0.1) is 0 Å². The van der Waals surface area contributed by atoms with Crippen LogP contribution in [0.15, 0.2) is 0 Å². The van der Waals surface area contributed by atoms with Crippen LogP contribution < -0.4 is 0 Å². The first-order valence-corrected chi connectivity index (χ1v) is 6.32. The molecule has 0 aliphatic rings. The normalized spacial score (nSPS) is 13.8. The summed E-state index contributed by atoms with van der Waals surface area (Å²) in [6, 6.07) is 0. The summed E-state index contributed by atoms with van der Waals surface area (Å²) in [5.74, 6) is 4.36. The maximum Gasteiger partial charge on any atom is 0.00662 e. The van der Waals surface area contributed by atoms with Gasteiger partial charge in [-0.1, -0.05) is 13.3 Å². The van der Waals surface area contributed by atoms with Crippen LogP contribution in [-0.2, 0) is 0 Å². The van der Waals surface area contributed by atoms with E-state index in [1.165, 1.54) is 24.5 Å². The van der Waals surface area contributed by atoms with Crippen molar-refractivity contribution >= 4 is 24.4 Å². The van der Waals surface area contributed by atoms with E-state index < -0.39 is 0 Å². The quantitative estimate of drug-likeness (QED) is 0.504. The van der Waals surface area contributed by atoms with Gasteiger partial charge in [0.25, 0.3) is 0 Å². The van der Waals surface area contributed by atoms with E-state index in [0.717, 1.165) is 11.7 Å². The van der Waals surface area contributed by atoms with Crippen LogP contribution in [0.5, 0.6) is 0 Å². The van der Waals surface area contributed by atoms with E-state index in [9.17, 15) is 0 Å². The maximum absolute atomic E-state index is 4.31. The van der Waals surface area contributed by atoms with E-state index in [-0.39, 0.29) is 0 Å². The highest BCUT2D eigenvalue weighted by Crippen LogP contribution is 2.13. The molecule has 1 unspecified atom stereocenters. The van der Waals surface area contributed by atoms with Crippen LogP contribution in [0.4, 0.5) is 0 Å². The minimum absolute atomic E-state index is 0.806. The van der Waals surface area contributed by atoms with Gasteiger partial charge < -0.3 is 4.90 Å². The molecule has 0 saturated carbocycles. The second-order valence-electron chi connectivity index (χ2n) is 3.34. The number of nitrogens with zero attached hydrogens (tertiary/aromatic N) is 1. The first-order valence-electron chi connectivity index (χ1n) is 4.54. The molecular formula is C9H21NS2. The fourth-order valence-corrected chi connectivity index (χ4v) is 2.71. The summed E-state index contributed by atoms with van der Waals surface area (Å²) in [5, 5.41) is 0. The van der Waals surface area contributed by atoms with Crippen LogP contribution in [0.25, 0.3) is 0 Å². The molecule has 0 spiro atoms. The van der Waals surface area contributed by atoms with Crippen molar-refractivity contribution in [1.82, 2.24) is 4.90 Å². The van der Waals surface area contributed by atoms with Gasteiger partial charge in [0, 0.05) is 12.3 Å². The molecule has 1 nitrogen and oxygen atoms in total. The molecule has 0 aliphatic carbocycles. The molecule has 0 fully saturated rings. The summed E-state index contributed by atoms with van der Waals surface area (Å²) in [4.78, 5) is 2.23. The Bertz CT molecular complexity index is 92.5. The van der Waals surface area contributed by atoms with Crippen molar-refractivity contribution in [3.05, 3.63) is 0 Å². The summed E-state index contributed by atoms with van der Waals surface area (Å²) in [6.45, 7) is 3.43. The van der Waals surface area contributed by atoms with Gasteiger partial charge in [0.05, 0.1) is 0 Å². The Morgan fingerprint density at radius 3 is 2.50 bits per heavy atom. The molecule has 0 saturated heterocycles. The lowest BCUT2D eigenvalue weighted by atomic mass is 10.2. The van der Waals surface area contributed by atoms with Crippen LogP contribution in [0, 0.1) is 5.92 Å². The third kappa shape index (κ3) is 7.32. The molecule has 0 radical (unpaired) electrons. The van der Waals surface area contributed by atoms with E-state index >= 15 is 0 Å². The maximum atomic E-state index is 4.31. The lowest BCUT2D eigenvalue weighted by Gasteiger charge is -2.12. The fourth-order valence-electron chi connectivity index (χ4n) is 0.797. The van der Waals surface area contributed by atoms with E-state index in [1.807, 2.05) is 11.8 Å². The van der Waals surface area contributed by atoms with Gasteiger partial charge in [0.1, 0.15) is 0 Å². The van der Waals surface area contributed by atoms with Crippen molar-refractivity contribution in [2.75, 3.05) is 37.9 Å². The van der Waals surface area contributed by atoms with E-state index in [4.69, 9.17) is 0 Å². The molecule has 0 heterocycles. The van der Waals surface area contributed by atoms with Crippen molar-refractivity contribution in [3.63, 3.8) is 0 Å². The van der Waals surface area contributed by atoms with Crippen molar-refractivity contribution < 1.29 is 0 Å². The van der Waals surface area contributed by atoms with E-state index in [0.29, 0.717) is 0 Å². The molecule has 1 atom stereocenters. The molecular weight excluding hydrogens is 186 g/mol. The zero-order valence-electron chi connectivity index (χ0n) is 8.42. The van der Waals surface area contributed by atoms with Crippen LogP contribution in [0.2, 0.25) is 0 Å². The molecule has 0 N–H and O–H groups in total. The van der Waals surface area contributed by atoms with Gasteiger partial charge in [0.2, 0.25) is 0 Å². The third-order valence-corrected chi connectivity index (χ3v) is 3.57. The van der Waals surface area contributed by atoms with Gasteiger partial charge >= 0.3 is 0 Å². The predicted octanol–water partition coefficient (Wildman–Crippen LogP) is 2.24. The molecule has 0 aromatic carbocycles. The first-order chi connectivity index (χ1) is 5.70. The Kier molecular flexibility index (Phi) is 8.72. The number of thiol groups is 1. The standard InChI is InChI=1S/C9H21NS2/c1-4-9(7-11)8-12-6-5-10(2)3/h9,11H,4-8H2,1-3H3. The molecule has 74 valence electrons. The Morgan fingerprint density at radius 1 is 1.42 bits per heavy atom. The number of thioether (sulfide) groups is 1. The monoisotopic (exact) mass is 207 g/mol. The minimum atomic E-state index is 0.806. The number of hydrogen-bond donors (Lipinski definition) is 1. The smallest absolute Gasteiger partial charge is 0.00662 e. The van der Waals surface area contributed by atoms with E-state index in [2.05, 4.69) is 38.5 Å². The Hall–Kier alpha value is 0.660. The number of hydrogen-bond acceptors (Lipinski definition) is 3. The van der Waals surface area contributed by atoms with Gasteiger partial charge in [-0.2, -0.15) is 24.4 Å². The third-order valence-electron chi connectivity index (χ3n) is 1.87. The molecule has 12 heavy (non-hydrogen) atoms. The molecule has 0 bridgehead atoms. The van der Waals surface area contributed by atoms with E-state index in [1.54, 1.807) is 0 Å². The summed E-state index contributed by atoms with van der Waals surface area (Å²) in [5.41, 5.74) is 0. The first kappa shape index (κ1) is 12.7. The van der Waals surface area contributed by atoms with Crippen LogP contribution in [0.3, 0.4) is 0 Å². The highest BCUT2D eigenvalue weighted by molar-refractivity contribution is 7.99. The Labute approximate surface area is 86.7 Å². The van der Waals surface area contributed by atoms with Crippen LogP contribution in [-0.4, -0.2) is 42.8 Å². The minimum Gasteiger partial charge on any atom is -0.309 e. The summed E-state index contributed by atoms with van der Waals surface area (Å²) in [6.07, 6.45) is 1.26. The summed E-state index contributed by atoms with van der Waals surface area (Å²) in [7, 11) is 4.24. The van der Waals surface area contributed by atoms with Crippen LogP contribution in [0.1, 0.15) is 13.3 Å². The Balaban J connectivity index is 3.17. The average Bonchev–Trinajstić information content (AvgIpc) is 2.04. The molecule has 0 aromatic rings. The Morgan fingerprint density at radius 2 is 2.08 bits per heavy atom. The van der Waals surface area contributed by atoms with Crippen molar-refractivity contribution in [2.45, 2.75) is 13.3 Å². The molecule has 0 aliphatic heterocycles. The van der Waals surface area contributed by atoms with Gasteiger partial charge in [-0.05, 0) is 31.5 Å². The lowest BCUT2D eigenvalue weighted by molar-refractivity contribution is 0.437. The molecule has 0 aromatic heterocycles. The molecule has 0 rings (SSSR count). The largest absolute Gasteiger partial charge is 0.309 e. The van der Waals surface area contributed by atoms with Gasteiger partial charge in [-0.25, -0.2) is 0 Å². The molecule has 3 heteroatoms. The van der Waals surface area contributed by atoms with Crippen molar-refractivity contribution in [1.29, 1.82) is 0 Å². The number of rotatable bonds is 7. The predicted molar refractivity (Wildman–Crippen MR) is 63.5 cm³/mol. The summed E-state index contributed by atoms with van der Waals surface area (Å²) >= 11 is 6.36. The zero-order valence-corrected chi connectivity index (χ0v) is 10.1. The highest BCUT2D eigenvalue weighted by Gasteiger charge is 2.02. The molecule has 0 amide bonds. The second kappa shape index (κ2) is 8.27. The second-order valence-corrected chi connectivity index (χ2v) is 4.85.